The molecule has 1 heterocycles. The highest BCUT2D eigenvalue weighted by Crippen LogP contribution is 2.20. The Morgan fingerprint density at radius 3 is 2.30 bits per heavy atom. The van der Waals surface area contributed by atoms with E-state index in [1.165, 1.54) is 51.0 Å². The smallest absolute Gasteiger partial charge is 0.331 e. The average Bonchev–Trinajstić information content (AvgIpc) is 2.53. The zero-order valence-electron chi connectivity index (χ0n) is 14.7. The van der Waals surface area contributed by atoms with Crippen LogP contribution < -0.4 is 0 Å². The van der Waals surface area contributed by atoms with Crippen LogP contribution in [0.3, 0.4) is 0 Å². The molecule has 1 atom stereocenters. The van der Waals surface area contributed by atoms with Crippen LogP contribution in [0.1, 0.15) is 90.4 Å². The third kappa shape index (κ3) is 11.2. The fourth-order valence-electron chi connectivity index (χ4n) is 2.89. The van der Waals surface area contributed by atoms with Crippen LogP contribution in [-0.2, 0) is 14.3 Å². The number of unbranched alkanes of at least 4 members (excludes halogenated alkanes) is 8. The van der Waals surface area contributed by atoms with E-state index in [-0.39, 0.29) is 6.29 Å². The second kappa shape index (κ2) is 13.4. The molecule has 0 aromatic rings. The predicted octanol–water partition coefficient (Wildman–Crippen LogP) is 5.42. The molecule has 1 N–H and O–H groups in total. The van der Waals surface area contributed by atoms with Crippen molar-refractivity contribution in [3.05, 3.63) is 11.8 Å². The molecule has 0 spiro atoms. The summed E-state index contributed by atoms with van der Waals surface area (Å²) in [4.78, 5) is 10.9. The lowest BCUT2D eigenvalue weighted by Gasteiger charge is -2.24. The van der Waals surface area contributed by atoms with E-state index in [1.807, 2.05) is 0 Å². The molecule has 1 rings (SSSR count). The van der Waals surface area contributed by atoms with Crippen LogP contribution in [-0.4, -0.2) is 24.0 Å². The van der Waals surface area contributed by atoms with E-state index < -0.39 is 5.97 Å². The van der Waals surface area contributed by atoms with Gasteiger partial charge in [-0.05, 0) is 19.3 Å². The van der Waals surface area contributed by atoms with Gasteiger partial charge >= 0.3 is 5.97 Å². The standard InChI is InChI=1S/C19H34O4/c1-2-3-4-5-6-7-8-9-10-13-17(16-18(20)21)23-19-14-11-12-15-22-19/h16,19H,2-15H2,1H3,(H,20,21). The molecule has 0 aromatic carbocycles. The van der Waals surface area contributed by atoms with Gasteiger partial charge in [-0.2, -0.15) is 0 Å². The second-order valence-electron chi connectivity index (χ2n) is 6.44. The van der Waals surface area contributed by atoms with Crippen molar-refractivity contribution in [2.24, 2.45) is 0 Å². The zero-order valence-corrected chi connectivity index (χ0v) is 14.7. The van der Waals surface area contributed by atoms with Crippen LogP contribution >= 0.6 is 0 Å². The lowest BCUT2D eigenvalue weighted by molar-refractivity contribution is -0.142. The van der Waals surface area contributed by atoms with Crippen LogP contribution in [0.5, 0.6) is 0 Å². The summed E-state index contributed by atoms with van der Waals surface area (Å²) in [6, 6.07) is 0. The highest BCUT2D eigenvalue weighted by Gasteiger charge is 2.16. The van der Waals surface area contributed by atoms with E-state index in [0.29, 0.717) is 18.8 Å². The Morgan fingerprint density at radius 2 is 1.74 bits per heavy atom. The molecule has 0 amide bonds. The highest BCUT2D eigenvalue weighted by atomic mass is 16.7. The number of rotatable bonds is 13. The summed E-state index contributed by atoms with van der Waals surface area (Å²) in [5.41, 5.74) is 0. The number of carbonyl (C=O) groups is 1. The largest absolute Gasteiger partial charge is 0.478 e. The van der Waals surface area contributed by atoms with Crippen molar-refractivity contribution >= 4 is 5.97 Å². The first-order chi connectivity index (χ1) is 11.2. The fourth-order valence-corrected chi connectivity index (χ4v) is 2.89. The minimum atomic E-state index is -0.938. The Hall–Kier alpha value is -1.03. The van der Waals surface area contributed by atoms with Gasteiger partial charge in [0.1, 0.15) is 5.76 Å². The number of aliphatic carboxylic acids is 1. The molecule has 23 heavy (non-hydrogen) atoms. The number of carboxylic acids is 1. The van der Waals surface area contributed by atoms with Gasteiger partial charge in [-0.25, -0.2) is 4.79 Å². The maximum absolute atomic E-state index is 10.9. The van der Waals surface area contributed by atoms with E-state index in [9.17, 15) is 4.79 Å². The third-order valence-electron chi connectivity index (χ3n) is 4.23. The van der Waals surface area contributed by atoms with Gasteiger partial charge < -0.3 is 14.6 Å². The van der Waals surface area contributed by atoms with E-state index in [2.05, 4.69) is 6.92 Å². The van der Waals surface area contributed by atoms with E-state index in [0.717, 1.165) is 32.1 Å². The van der Waals surface area contributed by atoms with Crippen LogP contribution in [0.15, 0.2) is 11.8 Å². The molecule has 0 aliphatic carbocycles. The molecule has 1 saturated heterocycles. The van der Waals surface area contributed by atoms with Gasteiger partial charge in [-0.15, -0.1) is 0 Å². The van der Waals surface area contributed by atoms with E-state index >= 15 is 0 Å². The van der Waals surface area contributed by atoms with Crippen molar-refractivity contribution in [1.29, 1.82) is 0 Å². The van der Waals surface area contributed by atoms with Crippen LogP contribution in [0, 0.1) is 0 Å². The van der Waals surface area contributed by atoms with Crippen LogP contribution in [0.25, 0.3) is 0 Å². The first-order valence-corrected chi connectivity index (χ1v) is 9.44. The van der Waals surface area contributed by atoms with Crippen molar-refractivity contribution in [3.8, 4) is 0 Å². The first-order valence-electron chi connectivity index (χ1n) is 9.44. The summed E-state index contributed by atoms with van der Waals surface area (Å²) in [5, 5.41) is 8.96. The van der Waals surface area contributed by atoms with Gasteiger partial charge in [0.05, 0.1) is 12.7 Å². The van der Waals surface area contributed by atoms with Gasteiger partial charge in [-0.1, -0.05) is 58.3 Å². The number of hydrogen-bond donors (Lipinski definition) is 1. The maximum Gasteiger partial charge on any atom is 0.331 e. The summed E-state index contributed by atoms with van der Waals surface area (Å²) >= 11 is 0. The topological polar surface area (TPSA) is 55.8 Å². The van der Waals surface area contributed by atoms with Crippen molar-refractivity contribution in [2.75, 3.05) is 6.61 Å². The molecule has 4 nitrogen and oxygen atoms in total. The Bertz CT molecular complexity index is 332. The minimum absolute atomic E-state index is 0.257. The summed E-state index contributed by atoms with van der Waals surface area (Å²) in [6.07, 6.45) is 16.0. The van der Waals surface area contributed by atoms with Crippen molar-refractivity contribution in [2.45, 2.75) is 96.7 Å². The summed E-state index contributed by atoms with van der Waals surface area (Å²) in [5.74, 6) is -0.376. The average molecular weight is 326 g/mol. The monoisotopic (exact) mass is 326 g/mol. The molecular formula is C19H34O4. The van der Waals surface area contributed by atoms with Gasteiger partial charge in [0, 0.05) is 12.8 Å². The molecule has 1 unspecified atom stereocenters. The SMILES string of the molecule is CCCCCCCCCCCC(=CC(=O)O)OC1CCCCO1. The Balaban J connectivity index is 2.12. The van der Waals surface area contributed by atoms with Gasteiger partial charge in [0.15, 0.2) is 6.29 Å². The lowest BCUT2D eigenvalue weighted by Crippen LogP contribution is -2.22. The van der Waals surface area contributed by atoms with Gasteiger partial charge in [0.2, 0.25) is 0 Å². The zero-order chi connectivity index (χ0) is 16.8. The predicted molar refractivity (Wildman–Crippen MR) is 92.2 cm³/mol. The first kappa shape index (κ1) is 20.0. The minimum Gasteiger partial charge on any atom is -0.478 e. The highest BCUT2D eigenvalue weighted by molar-refractivity contribution is 5.80. The van der Waals surface area contributed by atoms with Crippen molar-refractivity contribution in [3.63, 3.8) is 0 Å². The Labute approximate surface area is 141 Å². The normalized spacial score (nSPS) is 18.8. The molecule has 0 aromatic heterocycles. The second-order valence-corrected chi connectivity index (χ2v) is 6.44. The molecule has 4 heteroatoms. The number of hydrogen-bond acceptors (Lipinski definition) is 3. The van der Waals surface area contributed by atoms with Gasteiger partial charge in [-0.3, -0.25) is 0 Å². The summed E-state index contributed by atoms with van der Waals surface area (Å²) in [7, 11) is 0. The Morgan fingerprint density at radius 1 is 1.09 bits per heavy atom. The van der Waals surface area contributed by atoms with Crippen LogP contribution in [0.2, 0.25) is 0 Å². The molecular weight excluding hydrogens is 292 g/mol. The fraction of sp³-hybridized carbons (Fsp3) is 0.842. The third-order valence-corrected chi connectivity index (χ3v) is 4.23. The quantitative estimate of drug-likeness (QED) is 0.279. The Kier molecular flexibility index (Phi) is 11.7. The van der Waals surface area contributed by atoms with E-state index in [4.69, 9.17) is 14.6 Å². The number of ether oxygens (including phenoxy) is 2. The molecule has 0 saturated carbocycles. The molecule has 1 fully saturated rings. The number of allylic oxidation sites excluding steroid dienone is 1. The number of carboxylic acid groups (broad SMARTS) is 1. The molecule has 0 bridgehead atoms. The lowest BCUT2D eigenvalue weighted by atomic mass is 10.1. The summed E-state index contributed by atoms with van der Waals surface area (Å²) < 4.78 is 11.3. The van der Waals surface area contributed by atoms with Crippen molar-refractivity contribution in [1.82, 2.24) is 0 Å². The van der Waals surface area contributed by atoms with Crippen LogP contribution in [0.4, 0.5) is 0 Å². The van der Waals surface area contributed by atoms with Gasteiger partial charge in [0.25, 0.3) is 0 Å². The molecule has 1 aliphatic rings. The summed E-state index contributed by atoms with van der Waals surface area (Å²) in [6.45, 7) is 2.95. The maximum atomic E-state index is 10.9. The molecule has 134 valence electrons. The van der Waals surface area contributed by atoms with Crippen molar-refractivity contribution < 1.29 is 19.4 Å². The molecule has 1 aliphatic heterocycles. The molecule has 0 radical (unpaired) electrons. The van der Waals surface area contributed by atoms with E-state index in [1.54, 1.807) is 0 Å².